The normalized spacial score (nSPS) is 22.4. The zero-order valence-electron chi connectivity index (χ0n) is 18.0. The van der Waals surface area contributed by atoms with E-state index in [1.807, 2.05) is 23.1 Å². The highest BCUT2D eigenvalue weighted by Crippen LogP contribution is 2.38. The Hall–Kier alpha value is -3.06. The fourth-order valence-corrected chi connectivity index (χ4v) is 4.65. The van der Waals surface area contributed by atoms with Crippen LogP contribution in [0.4, 0.5) is 5.69 Å². The van der Waals surface area contributed by atoms with E-state index < -0.39 is 6.10 Å². The largest absolute Gasteiger partial charge is 0.490 e. The number of likely N-dealkylation sites (tertiary alicyclic amines) is 1. The van der Waals surface area contributed by atoms with Gasteiger partial charge in [0.25, 0.3) is 11.8 Å². The molecule has 0 spiro atoms. The van der Waals surface area contributed by atoms with Crippen molar-refractivity contribution in [3.8, 4) is 11.5 Å². The fraction of sp³-hybridized carbons (Fsp3) is 0.440. The van der Waals surface area contributed by atoms with Gasteiger partial charge in [-0.05, 0) is 61.6 Å². The van der Waals surface area contributed by atoms with E-state index in [-0.39, 0.29) is 17.9 Å². The van der Waals surface area contributed by atoms with Crippen LogP contribution in [0.2, 0.25) is 0 Å². The fourth-order valence-electron chi connectivity index (χ4n) is 4.65. The first kappa shape index (κ1) is 20.8. The molecule has 2 atom stereocenters. The molecule has 3 aliphatic heterocycles. The molecular weight excluding hydrogens is 408 g/mol. The summed E-state index contributed by atoms with van der Waals surface area (Å²) in [5.74, 6) is 1.32. The smallest absolute Gasteiger partial charge is 0.254 e. The SMILES string of the molecule is O=C(Nc1cccc(C(=O)N2CCC[C@H]2c2ccc3c(c2)OCCCO3)c1)[C@H]1CCCO1. The summed E-state index contributed by atoms with van der Waals surface area (Å²) in [6.45, 7) is 2.60. The number of hydrogen-bond donors (Lipinski definition) is 1. The lowest BCUT2D eigenvalue weighted by molar-refractivity contribution is -0.124. The Kier molecular flexibility index (Phi) is 5.99. The van der Waals surface area contributed by atoms with Crippen molar-refractivity contribution in [2.75, 3.05) is 31.7 Å². The van der Waals surface area contributed by atoms with Crippen molar-refractivity contribution >= 4 is 17.5 Å². The first-order valence-corrected chi connectivity index (χ1v) is 11.4. The molecule has 2 saturated heterocycles. The van der Waals surface area contributed by atoms with Crippen molar-refractivity contribution in [3.05, 3.63) is 53.6 Å². The van der Waals surface area contributed by atoms with Gasteiger partial charge in [0.2, 0.25) is 0 Å². The molecule has 0 aromatic heterocycles. The Bertz CT molecular complexity index is 1000. The highest BCUT2D eigenvalue weighted by molar-refractivity contribution is 5.98. The number of benzene rings is 2. The van der Waals surface area contributed by atoms with Gasteiger partial charge in [0, 0.05) is 30.8 Å². The zero-order valence-corrected chi connectivity index (χ0v) is 18.0. The molecule has 5 rings (SSSR count). The quantitative estimate of drug-likeness (QED) is 0.786. The molecule has 0 unspecified atom stereocenters. The minimum absolute atomic E-state index is 0.00945. The Morgan fingerprint density at radius 1 is 0.906 bits per heavy atom. The number of carbonyl (C=O) groups is 2. The molecule has 2 aromatic rings. The van der Waals surface area contributed by atoms with Gasteiger partial charge < -0.3 is 24.4 Å². The van der Waals surface area contributed by atoms with Crippen LogP contribution in [0.25, 0.3) is 0 Å². The number of nitrogens with one attached hydrogen (secondary N) is 1. The molecule has 0 bridgehead atoms. The number of amides is 2. The lowest BCUT2D eigenvalue weighted by Crippen LogP contribution is -2.31. The predicted molar refractivity (Wildman–Crippen MR) is 119 cm³/mol. The Morgan fingerprint density at radius 3 is 2.62 bits per heavy atom. The van der Waals surface area contributed by atoms with E-state index in [9.17, 15) is 9.59 Å². The van der Waals surface area contributed by atoms with Crippen LogP contribution in [-0.4, -0.2) is 49.2 Å². The summed E-state index contributed by atoms with van der Waals surface area (Å²) >= 11 is 0. The number of nitrogens with zero attached hydrogens (tertiary/aromatic N) is 1. The first-order chi connectivity index (χ1) is 15.7. The molecular formula is C25H28N2O5. The van der Waals surface area contributed by atoms with Crippen LogP contribution in [0.5, 0.6) is 11.5 Å². The van der Waals surface area contributed by atoms with Crippen LogP contribution in [0.15, 0.2) is 42.5 Å². The minimum Gasteiger partial charge on any atom is -0.490 e. The summed E-state index contributed by atoms with van der Waals surface area (Å²) in [5.41, 5.74) is 2.24. The van der Waals surface area contributed by atoms with Crippen molar-refractivity contribution in [3.63, 3.8) is 0 Å². The number of rotatable bonds is 4. The monoisotopic (exact) mass is 436 g/mol. The summed E-state index contributed by atoms with van der Waals surface area (Å²) < 4.78 is 17.0. The summed E-state index contributed by atoms with van der Waals surface area (Å²) in [7, 11) is 0. The highest BCUT2D eigenvalue weighted by atomic mass is 16.5. The summed E-state index contributed by atoms with van der Waals surface area (Å²) in [4.78, 5) is 27.7. The van der Waals surface area contributed by atoms with E-state index in [4.69, 9.17) is 14.2 Å². The van der Waals surface area contributed by atoms with E-state index in [2.05, 4.69) is 5.32 Å². The molecule has 1 N–H and O–H groups in total. The minimum atomic E-state index is -0.406. The highest BCUT2D eigenvalue weighted by Gasteiger charge is 2.32. The average Bonchev–Trinajstić information content (AvgIpc) is 3.47. The first-order valence-electron chi connectivity index (χ1n) is 11.4. The predicted octanol–water partition coefficient (Wildman–Crippen LogP) is 3.94. The molecule has 2 amide bonds. The van der Waals surface area contributed by atoms with Crippen LogP contribution in [0, 0.1) is 0 Å². The van der Waals surface area contributed by atoms with Crippen LogP contribution in [0.1, 0.15) is 54.1 Å². The Morgan fingerprint density at radius 2 is 1.78 bits per heavy atom. The topological polar surface area (TPSA) is 77.1 Å². The van der Waals surface area contributed by atoms with E-state index >= 15 is 0 Å². The van der Waals surface area contributed by atoms with Gasteiger partial charge >= 0.3 is 0 Å². The molecule has 3 aliphatic rings. The molecule has 7 heteroatoms. The molecule has 2 fully saturated rings. The van der Waals surface area contributed by atoms with Gasteiger partial charge in [-0.1, -0.05) is 12.1 Å². The van der Waals surface area contributed by atoms with E-state index in [1.165, 1.54) is 0 Å². The molecule has 0 saturated carbocycles. The van der Waals surface area contributed by atoms with Gasteiger partial charge in [0.15, 0.2) is 11.5 Å². The summed E-state index contributed by atoms with van der Waals surface area (Å²) in [6, 6.07) is 13.1. The van der Waals surface area contributed by atoms with Gasteiger partial charge in [-0.3, -0.25) is 9.59 Å². The maximum absolute atomic E-state index is 13.4. The molecule has 7 nitrogen and oxygen atoms in total. The van der Waals surface area contributed by atoms with Gasteiger partial charge in [-0.15, -0.1) is 0 Å². The number of hydrogen-bond acceptors (Lipinski definition) is 5. The van der Waals surface area contributed by atoms with Gasteiger partial charge in [0.05, 0.1) is 19.3 Å². The van der Waals surface area contributed by atoms with Gasteiger partial charge in [0.1, 0.15) is 6.10 Å². The molecule has 0 radical (unpaired) electrons. The molecule has 2 aromatic carbocycles. The number of carbonyl (C=O) groups excluding carboxylic acids is 2. The second kappa shape index (κ2) is 9.20. The van der Waals surface area contributed by atoms with Crippen LogP contribution in [0.3, 0.4) is 0 Å². The van der Waals surface area contributed by atoms with Gasteiger partial charge in [-0.2, -0.15) is 0 Å². The maximum atomic E-state index is 13.4. The van der Waals surface area contributed by atoms with Crippen LogP contribution < -0.4 is 14.8 Å². The third kappa shape index (κ3) is 4.30. The molecule has 0 aliphatic carbocycles. The van der Waals surface area contributed by atoms with Crippen molar-refractivity contribution in [2.24, 2.45) is 0 Å². The van der Waals surface area contributed by atoms with Crippen molar-refractivity contribution in [1.82, 2.24) is 4.90 Å². The van der Waals surface area contributed by atoms with Gasteiger partial charge in [-0.25, -0.2) is 0 Å². The standard InChI is InChI=1S/C25H28N2O5/c28-24(22-8-3-12-31-22)26-19-6-1-5-18(15-19)25(29)27-11-2-7-20(27)17-9-10-21-23(16-17)32-14-4-13-30-21/h1,5-6,9-10,15-16,20,22H,2-4,7-8,11-14H2,(H,26,28)/t20-,22+/m0/s1. The third-order valence-corrected chi connectivity index (χ3v) is 6.27. The third-order valence-electron chi connectivity index (χ3n) is 6.27. The molecule has 168 valence electrons. The Labute approximate surface area is 187 Å². The van der Waals surface area contributed by atoms with E-state index in [1.54, 1.807) is 24.3 Å². The molecule has 32 heavy (non-hydrogen) atoms. The lowest BCUT2D eigenvalue weighted by atomic mass is 10.0. The number of anilines is 1. The summed E-state index contributed by atoms with van der Waals surface area (Å²) in [5, 5.41) is 2.89. The lowest BCUT2D eigenvalue weighted by Gasteiger charge is -2.26. The van der Waals surface area contributed by atoms with Crippen LogP contribution >= 0.6 is 0 Å². The summed E-state index contributed by atoms with van der Waals surface area (Å²) in [6.07, 6.45) is 3.93. The van der Waals surface area contributed by atoms with E-state index in [0.29, 0.717) is 37.6 Å². The number of fused-ring (bicyclic) bond motifs is 1. The second-order valence-corrected chi connectivity index (χ2v) is 8.48. The molecule has 3 heterocycles. The Balaban J connectivity index is 1.32. The van der Waals surface area contributed by atoms with E-state index in [0.717, 1.165) is 49.2 Å². The van der Waals surface area contributed by atoms with Crippen molar-refractivity contribution < 1.29 is 23.8 Å². The van der Waals surface area contributed by atoms with Crippen molar-refractivity contribution in [1.29, 1.82) is 0 Å². The van der Waals surface area contributed by atoms with Crippen LogP contribution in [-0.2, 0) is 9.53 Å². The maximum Gasteiger partial charge on any atom is 0.254 e. The van der Waals surface area contributed by atoms with Crippen molar-refractivity contribution in [2.45, 2.75) is 44.2 Å². The average molecular weight is 437 g/mol. The zero-order chi connectivity index (χ0) is 21.9. The number of ether oxygens (including phenoxy) is 3. The second-order valence-electron chi connectivity index (χ2n) is 8.48.